The van der Waals surface area contributed by atoms with Crippen molar-refractivity contribution in [1.29, 1.82) is 0 Å². The summed E-state index contributed by atoms with van der Waals surface area (Å²) in [4.78, 5) is 17.8. The molecule has 0 saturated carbocycles. The van der Waals surface area contributed by atoms with Crippen LogP contribution in [0.5, 0.6) is 0 Å². The molecule has 1 aromatic rings. The van der Waals surface area contributed by atoms with Gasteiger partial charge in [0.1, 0.15) is 6.04 Å². The number of rotatable bonds is 4. The standard InChI is InChI=1S/C18H27N3OS/c1-14-11-15(12-19)13-21(14)18(22)17(16-5-3-2-4-6-16)20-7-9-23-10-8-20/h2-6,14-15,17H,7-13,19H2,1H3. The molecule has 126 valence electrons. The fourth-order valence-corrected chi connectivity index (χ4v) is 4.69. The van der Waals surface area contributed by atoms with Gasteiger partial charge in [-0.15, -0.1) is 0 Å². The predicted octanol–water partition coefficient (Wildman–Crippen LogP) is 1.97. The highest BCUT2D eigenvalue weighted by atomic mass is 32.2. The van der Waals surface area contributed by atoms with Crippen LogP contribution in [-0.4, -0.2) is 59.4 Å². The van der Waals surface area contributed by atoms with E-state index >= 15 is 0 Å². The van der Waals surface area contributed by atoms with Gasteiger partial charge in [-0.1, -0.05) is 30.3 Å². The second-order valence-electron chi connectivity index (χ2n) is 6.64. The highest BCUT2D eigenvalue weighted by Gasteiger charge is 2.38. The lowest BCUT2D eigenvalue weighted by atomic mass is 10.0. The van der Waals surface area contributed by atoms with E-state index in [9.17, 15) is 4.79 Å². The van der Waals surface area contributed by atoms with Crippen LogP contribution >= 0.6 is 11.8 Å². The van der Waals surface area contributed by atoms with E-state index < -0.39 is 0 Å². The highest BCUT2D eigenvalue weighted by molar-refractivity contribution is 7.99. The zero-order valence-corrected chi connectivity index (χ0v) is 14.7. The number of thioether (sulfide) groups is 1. The fraction of sp³-hybridized carbons (Fsp3) is 0.611. The Morgan fingerprint density at radius 3 is 2.61 bits per heavy atom. The Labute approximate surface area is 143 Å². The van der Waals surface area contributed by atoms with Gasteiger partial charge in [0.25, 0.3) is 0 Å². The molecule has 5 heteroatoms. The first kappa shape index (κ1) is 16.8. The van der Waals surface area contributed by atoms with Crippen LogP contribution in [0.1, 0.15) is 24.9 Å². The quantitative estimate of drug-likeness (QED) is 0.915. The Morgan fingerprint density at radius 1 is 1.30 bits per heavy atom. The van der Waals surface area contributed by atoms with Crippen molar-refractivity contribution in [2.45, 2.75) is 25.4 Å². The second kappa shape index (κ2) is 7.69. The first-order chi connectivity index (χ1) is 11.2. The van der Waals surface area contributed by atoms with Crippen LogP contribution < -0.4 is 5.73 Å². The summed E-state index contributed by atoms with van der Waals surface area (Å²) in [5.41, 5.74) is 6.96. The lowest BCUT2D eigenvalue weighted by Gasteiger charge is -2.37. The number of hydrogen-bond donors (Lipinski definition) is 1. The number of nitrogens with two attached hydrogens (primary N) is 1. The number of carbonyl (C=O) groups excluding carboxylic acids is 1. The third-order valence-corrected chi connectivity index (χ3v) is 5.98. The molecule has 2 saturated heterocycles. The third kappa shape index (κ3) is 3.73. The van der Waals surface area contributed by atoms with Crippen molar-refractivity contribution in [2.24, 2.45) is 11.7 Å². The molecule has 2 fully saturated rings. The van der Waals surface area contributed by atoms with E-state index in [-0.39, 0.29) is 11.9 Å². The van der Waals surface area contributed by atoms with Crippen molar-refractivity contribution in [3.8, 4) is 0 Å². The predicted molar refractivity (Wildman–Crippen MR) is 96.4 cm³/mol. The molecule has 2 heterocycles. The molecule has 4 nitrogen and oxygen atoms in total. The van der Waals surface area contributed by atoms with E-state index in [0.29, 0.717) is 18.5 Å². The van der Waals surface area contributed by atoms with Crippen LogP contribution in [-0.2, 0) is 4.79 Å². The molecule has 1 aromatic carbocycles. The minimum atomic E-state index is -0.143. The van der Waals surface area contributed by atoms with Crippen molar-refractivity contribution < 1.29 is 4.79 Å². The second-order valence-corrected chi connectivity index (χ2v) is 7.86. The summed E-state index contributed by atoms with van der Waals surface area (Å²) in [6, 6.07) is 10.4. The molecule has 3 atom stereocenters. The number of carbonyl (C=O) groups is 1. The molecule has 3 rings (SSSR count). The molecule has 0 bridgehead atoms. The summed E-state index contributed by atoms with van der Waals surface area (Å²) in [7, 11) is 0. The summed E-state index contributed by atoms with van der Waals surface area (Å²) in [6.07, 6.45) is 1.03. The minimum absolute atomic E-state index is 0.143. The molecular formula is C18H27N3OS. The van der Waals surface area contributed by atoms with Gasteiger partial charge in [-0.2, -0.15) is 11.8 Å². The van der Waals surface area contributed by atoms with Crippen LogP contribution in [0.15, 0.2) is 30.3 Å². The SMILES string of the molecule is CC1CC(CN)CN1C(=O)C(c1ccccc1)N1CCSCC1. The van der Waals surface area contributed by atoms with E-state index in [1.807, 2.05) is 30.0 Å². The Bertz CT molecular complexity index is 518. The molecule has 0 aliphatic carbocycles. The third-order valence-electron chi connectivity index (χ3n) is 5.04. The van der Waals surface area contributed by atoms with Gasteiger partial charge in [0, 0.05) is 37.2 Å². The van der Waals surface area contributed by atoms with Crippen molar-refractivity contribution >= 4 is 17.7 Å². The Balaban J connectivity index is 1.84. The lowest BCUT2D eigenvalue weighted by Crippen LogP contribution is -2.47. The van der Waals surface area contributed by atoms with E-state index in [0.717, 1.165) is 43.1 Å². The van der Waals surface area contributed by atoms with Gasteiger partial charge < -0.3 is 10.6 Å². The molecule has 0 spiro atoms. The van der Waals surface area contributed by atoms with E-state index in [4.69, 9.17) is 5.73 Å². The molecule has 2 aliphatic rings. The maximum atomic E-state index is 13.4. The minimum Gasteiger partial charge on any atom is -0.338 e. The summed E-state index contributed by atoms with van der Waals surface area (Å²) in [5, 5.41) is 0. The maximum absolute atomic E-state index is 13.4. The van der Waals surface area contributed by atoms with Crippen molar-refractivity contribution in [1.82, 2.24) is 9.80 Å². The topological polar surface area (TPSA) is 49.6 Å². The lowest BCUT2D eigenvalue weighted by molar-refractivity contribution is -0.138. The number of hydrogen-bond acceptors (Lipinski definition) is 4. The van der Waals surface area contributed by atoms with E-state index in [2.05, 4.69) is 28.9 Å². The summed E-state index contributed by atoms with van der Waals surface area (Å²) in [5.74, 6) is 2.92. The van der Waals surface area contributed by atoms with Crippen LogP contribution in [0.25, 0.3) is 0 Å². The summed E-state index contributed by atoms with van der Waals surface area (Å²) >= 11 is 1.98. The average molecular weight is 334 g/mol. The van der Waals surface area contributed by atoms with Gasteiger partial charge >= 0.3 is 0 Å². The number of likely N-dealkylation sites (tertiary alicyclic amines) is 1. The first-order valence-electron chi connectivity index (χ1n) is 8.58. The molecule has 0 aromatic heterocycles. The van der Waals surface area contributed by atoms with Crippen molar-refractivity contribution in [2.75, 3.05) is 37.7 Å². The van der Waals surface area contributed by atoms with Crippen LogP contribution in [0, 0.1) is 5.92 Å². The Kier molecular flexibility index (Phi) is 5.62. The van der Waals surface area contributed by atoms with Gasteiger partial charge in [0.15, 0.2) is 0 Å². The molecular weight excluding hydrogens is 306 g/mol. The highest BCUT2D eigenvalue weighted by Crippen LogP contribution is 2.31. The molecule has 23 heavy (non-hydrogen) atoms. The largest absolute Gasteiger partial charge is 0.338 e. The van der Waals surface area contributed by atoms with Gasteiger partial charge in [-0.25, -0.2) is 0 Å². The molecule has 2 N–H and O–H groups in total. The van der Waals surface area contributed by atoms with Crippen LogP contribution in [0.4, 0.5) is 0 Å². The van der Waals surface area contributed by atoms with Gasteiger partial charge in [0.05, 0.1) is 0 Å². The molecule has 2 aliphatic heterocycles. The summed E-state index contributed by atoms with van der Waals surface area (Å²) in [6.45, 7) is 5.60. The zero-order chi connectivity index (χ0) is 16.2. The zero-order valence-electron chi connectivity index (χ0n) is 13.9. The molecule has 0 radical (unpaired) electrons. The number of benzene rings is 1. The van der Waals surface area contributed by atoms with Crippen LogP contribution in [0.2, 0.25) is 0 Å². The van der Waals surface area contributed by atoms with Gasteiger partial charge in [-0.05, 0) is 31.4 Å². The average Bonchev–Trinajstić information content (AvgIpc) is 2.98. The van der Waals surface area contributed by atoms with E-state index in [1.54, 1.807) is 0 Å². The van der Waals surface area contributed by atoms with Gasteiger partial charge in [-0.3, -0.25) is 9.69 Å². The molecule has 3 unspecified atom stereocenters. The maximum Gasteiger partial charge on any atom is 0.244 e. The number of nitrogens with zero attached hydrogens (tertiary/aromatic N) is 2. The van der Waals surface area contributed by atoms with Crippen molar-refractivity contribution in [3.05, 3.63) is 35.9 Å². The summed E-state index contributed by atoms with van der Waals surface area (Å²) < 4.78 is 0. The molecule has 1 amide bonds. The Hall–Kier alpha value is -1.04. The first-order valence-corrected chi connectivity index (χ1v) is 9.73. The fourth-order valence-electron chi connectivity index (χ4n) is 3.76. The Morgan fingerprint density at radius 2 is 2.00 bits per heavy atom. The number of amides is 1. The van der Waals surface area contributed by atoms with E-state index in [1.165, 1.54) is 0 Å². The van der Waals surface area contributed by atoms with Gasteiger partial charge in [0.2, 0.25) is 5.91 Å². The van der Waals surface area contributed by atoms with Crippen molar-refractivity contribution in [3.63, 3.8) is 0 Å². The van der Waals surface area contributed by atoms with Crippen LogP contribution in [0.3, 0.4) is 0 Å². The smallest absolute Gasteiger partial charge is 0.244 e. The normalized spacial score (nSPS) is 27.1. The monoisotopic (exact) mass is 333 g/mol.